The van der Waals surface area contributed by atoms with Crippen molar-refractivity contribution in [1.29, 1.82) is 0 Å². The molecule has 0 radical (unpaired) electrons. The van der Waals surface area contributed by atoms with Crippen LogP contribution in [0.2, 0.25) is 0 Å². The van der Waals surface area contributed by atoms with Crippen LogP contribution in [0.25, 0.3) is 10.4 Å². The van der Waals surface area contributed by atoms with Crippen LogP contribution in [0.1, 0.15) is 22.3 Å². The fraction of sp³-hybridized carbons (Fsp3) is 0.364. The number of nitrogens with zero attached hydrogens (tertiary/aromatic N) is 3. The third-order valence-corrected chi connectivity index (χ3v) is 2.52. The third-order valence-electron chi connectivity index (χ3n) is 2.52. The van der Waals surface area contributed by atoms with E-state index in [0.29, 0.717) is 19.6 Å². The standard InChI is InChI=1S/C11H11N3O2/c12-14-13-5-6-16-9-2-3-10-8(7-9)1-4-11(10)15/h2-3,7H,1,4-6H2. The van der Waals surface area contributed by atoms with E-state index in [-0.39, 0.29) is 5.78 Å². The van der Waals surface area contributed by atoms with Crippen molar-refractivity contribution in [3.63, 3.8) is 0 Å². The quantitative estimate of drug-likeness (QED) is 0.336. The normalized spacial score (nSPS) is 13.1. The zero-order valence-electron chi connectivity index (χ0n) is 8.72. The topological polar surface area (TPSA) is 75.1 Å². The molecule has 1 aliphatic rings. The molecule has 5 nitrogen and oxygen atoms in total. The van der Waals surface area contributed by atoms with Gasteiger partial charge in [0.2, 0.25) is 0 Å². The number of aryl methyl sites for hydroxylation is 1. The van der Waals surface area contributed by atoms with Crippen LogP contribution in [0.4, 0.5) is 0 Å². The van der Waals surface area contributed by atoms with Crippen LogP contribution in [-0.4, -0.2) is 18.9 Å². The Hall–Kier alpha value is -2.00. The highest BCUT2D eigenvalue weighted by molar-refractivity contribution is 6.00. The molecule has 0 saturated heterocycles. The molecule has 1 aliphatic carbocycles. The Labute approximate surface area is 92.7 Å². The molecule has 0 aliphatic heterocycles. The lowest BCUT2D eigenvalue weighted by molar-refractivity contribution is 0.0994. The van der Waals surface area contributed by atoms with Crippen molar-refractivity contribution >= 4 is 5.78 Å². The molecule has 0 atom stereocenters. The highest BCUT2D eigenvalue weighted by Crippen LogP contribution is 2.25. The predicted octanol–water partition coefficient (Wildman–Crippen LogP) is 2.50. The second-order valence-corrected chi connectivity index (χ2v) is 3.55. The molecule has 0 fully saturated rings. The second kappa shape index (κ2) is 4.68. The number of carbonyl (C=O) groups excluding carboxylic acids is 1. The molecule has 16 heavy (non-hydrogen) atoms. The number of ketones is 1. The van der Waals surface area contributed by atoms with Crippen LogP contribution < -0.4 is 4.74 Å². The fourth-order valence-electron chi connectivity index (χ4n) is 1.77. The maximum Gasteiger partial charge on any atom is 0.163 e. The van der Waals surface area contributed by atoms with E-state index < -0.39 is 0 Å². The lowest BCUT2D eigenvalue weighted by atomic mass is 10.1. The first kappa shape index (κ1) is 10.5. The summed E-state index contributed by atoms with van der Waals surface area (Å²) in [6.45, 7) is 0.670. The average Bonchev–Trinajstić information content (AvgIpc) is 2.66. The van der Waals surface area contributed by atoms with E-state index in [2.05, 4.69) is 10.0 Å². The Balaban J connectivity index is 2.02. The SMILES string of the molecule is [N-]=[N+]=NCCOc1ccc2c(c1)CCC2=O. The second-order valence-electron chi connectivity index (χ2n) is 3.55. The zero-order chi connectivity index (χ0) is 11.4. The molecule has 0 aromatic heterocycles. The molecular formula is C11H11N3O2. The van der Waals surface area contributed by atoms with E-state index in [1.165, 1.54) is 0 Å². The monoisotopic (exact) mass is 217 g/mol. The van der Waals surface area contributed by atoms with Crippen molar-refractivity contribution in [3.05, 3.63) is 39.8 Å². The summed E-state index contributed by atoms with van der Waals surface area (Å²) in [6, 6.07) is 5.46. The minimum atomic E-state index is 0.204. The van der Waals surface area contributed by atoms with E-state index in [0.717, 1.165) is 23.3 Å². The van der Waals surface area contributed by atoms with Crippen molar-refractivity contribution in [2.75, 3.05) is 13.2 Å². The molecule has 0 spiro atoms. The summed E-state index contributed by atoms with van der Waals surface area (Å²) in [5.74, 6) is 0.928. The van der Waals surface area contributed by atoms with Crippen LogP contribution in [0, 0.1) is 0 Å². The Morgan fingerprint density at radius 1 is 1.44 bits per heavy atom. The first-order chi connectivity index (χ1) is 7.81. The number of hydrogen-bond acceptors (Lipinski definition) is 3. The van der Waals surface area contributed by atoms with Gasteiger partial charge in [-0.25, -0.2) is 0 Å². The number of hydrogen-bond donors (Lipinski definition) is 0. The minimum Gasteiger partial charge on any atom is -0.493 e. The number of Topliss-reactive ketones (excluding diaryl/α,β-unsaturated/α-hetero) is 1. The summed E-state index contributed by atoms with van der Waals surface area (Å²) in [4.78, 5) is 14.0. The van der Waals surface area contributed by atoms with Crippen LogP contribution in [0.15, 0.2) is 23.3 Å². The van der Waals surface area contributed by atoms with E-state index in [4.69, 9.17) is 10.3 Å². The molecule has 1 aromatic rings. The van der Waals surface area contributed by atoms with Gasteiger partial charge in [0, 0.05) is 16.9 Å². The number of rotatable bonds is 4. The molecule has 0 unspecified atom stereocenters. The number of ether oxygens (including phenoxy) is 1. The summed E-state index contributed by atoms with van der Waals surface area (Å²) in [5.41, 5.74) is 9.94. The van der Waals surface area contributed by atoms with Gasteiger partial charge in [-0.2, -0.15) is 0 Å². The molecule has 0 heterocycles. The largest absolute Gasteiger partial charge is 0.493 e. The van der Waals surface area contributed by atoms with Gasteiger partial charge in [-0.3, -0.25) is 4.79 Å². The maximum absolute atomic E-state index is 11.4. The Morgan fingerprint density at radius 2 is 2.31 bits per heavy atom. The molecule has 0 amide bonds. The van der Waals surface area contributed by atoms with Gasteiger partial charge < -0.3 is 4.74 Å². The van der Waals surface area contributed by atoms with Gasteiger partial charge >= 0.3 is 0 Å². The molecule has 5 heteroatoms. The van der Waals surface area contributed by atoms with Crippen molar-refractivity contribution in [3.8, 4) is 5.75 Å². The van der Waals surface area contributed by atoms with Gasteiger partial charge in [0.05, 0.1) is 13.2 Å². The smallest absolute Gasteiger partial charge is 0.163 e. The number of carbonyl (C=O) groups is 1. The highest BCUT2D eigenvalue weighted by Gasteiger charge is 2.19. The van der Waals surface area contributed by atoms with Gasteiger partial charge in [-0.15, -0.1) is 0 Å². The molecular weight excluding hydrogens is 206 g/mol. The summed E-state index contributed by atoms with van der Waals surface area (Å²) in [7, 11) is 0. The molecule has 1 aromatic carbocycles. The van der Waals surface area contributed by atoms with Crippen molar-refractivity contribution in [1.82, 2.24) is 0 Å². The van der Waals surface area contributed by atoms with E-state index in [1.54, 1.807) is 12.1 Å². The van der Waals surface area contributed by atoms with Crippen LogP contribution in [0.3, 0.4) is 0 Å². The van der Waals surface area contributed by atoms with Crippen molar-refractivity contribution < 1.29 is 9.53 Å². The number of fused-ring (bicyclic) bond motifs is 1. The van der Waals surface area contributed by atoms with Crippen LogP contribution in [-0.2, 0) is 6.42 Å². The highest BCUT2D eigenvalue weighted by atomic mass is 16.5. The summed E-state index contributed by atoms with van der Waals surface area (Å²) in [5, 5.41) is 3.37. The summed E-state index contributed by atoms with van der Waals surface area (Å²) < 4.78 is 5.39. The molecule has 82 valence electrons. The molecule has 0 saturated carbocycles. The zero-order valence-corrected chi connectivity index (χ0v) is 8.72. The van der Waals surface area contributed by atoms with E-state index in [9.17, 15) is 4.79 Å². The van der Waals surface area contributed by atoms with Crippen molar-refractivity contribution in [2.24, 2.45) is 5.11 Å². The lowest BCUT2D eigenvalue weighted by Gasteiger charge is -2.05. The van der Waals surface area contributed by atoms with Gasteiger partial charge in [0.1, 0.15) is 5.75 Å². The minimum absolute atomic E-state index is 0.204. The Bertz CT molecular complexity index is 464. The molecule has 0 bridgehead atoms. The lowest BCUT2D eigenvalue weighted by Crippen LogP contribution is -2.01. The Morgan fingerprint density at radius 3 is 3.12 bits per heavy atom. The maximum atomic E-state index is 11.4. The summed E-state index contributed by atoms with van der Waals surface area (Å²) >= 11 is 0. The summed E-state index contributed by atoms with van der Waals surface area (Å²) in [6.07, 6.45) is 1.39. The third kappa shape index (κ3) is 2.15. The molecule has 0 N–H and O–H groups in total. The molecule has 2 rings (SSSR count). The van der Waals surface area contributed by atoms with Crippen LogP contribution >= 0.6 is 0 Å². The van der Waals surface area contributed by atoms with Gasteiger partial charge in [-0.1, -0.05) is 5.11 Å². The van der Waals surface area contributed by atoms with E-state index in [1.807, 2.05) is 6.07 Å². The van der Waals surface area contributed by atoms with E-state index >= 15 is 0 Å². The first-order valence-electron chi connectivity index (χ1n) is 5.11. The predicted molar refractivity (Wildman–Crippen MR) is 58.6 cm³/mol. The van der Waals surface area contributed by atoms with Gasteiger partial charge in [0.15, 0.2) is 5.78 Å². The van der Waals surface area contributed by atoms with Gasteiger partial charge in [-0.05, 0) is 35.7 Å². The average molecular weight is 217 g/mol. The van der Waals surface area contributed by atoms with Crippen molar-refractivity contribution in [2.45, 2.75) is 12.8 Å². The fourth-order valence-corrected chi connectivity index (χ4v) is 1.77. The number of benzene rings is 1. The first-order valence-corrected chi connectivity index (χ1v) is 5.11. The van der Waals surface area contributed by atoms with Gasteiger partial charge in [0.25, 0.3) is 0 Å². The Kier molecular flexibility index (Phi) is 3.08. The van der Waals surface area contributed by atoms with Crippen LogP contribution in [0.5, 0.6) is 5.75 Å². The number of azide groups is 1.